The highest BCUT2D eigenvalue weighted by Gasteiger charge is 2.37. The minimum Gasteiger partial charge on any atom is -0.391 e. The van der Waals surface area contributed by atoms with E-state index in [2.05, 4.69) is 36.5 Å². The van der Waals surface area contributed by atoms with Crippen LogP contribution in [0.2, 0.25) is 0 Å². The van der Waals surface area contributed by atoms with Crippen molar-refractivity contribution in [3.05, 3.63) is 95.1 Å². The van der Waals surface area contributed by atoms with Gasteiger partial charge in [0.15, 0.2) is 0 Å². The molecule has 4 N–H and O–H groups in total. The number of nitrogens with zero attached hydrogens (tertiary/aromatic N) is 1. The van der Waals surface area contributed by atoms with Gasteiger partial charge in [-0.3, -0.25) is 19.6 Å². The highest BCUT2D eigenvalue weighted by molar-refractivity contribution is 5.99. The van der Waals surface area contributed by atoms with Crippen LogP contribution in [-0.4, -0.2) is 51.1 Å². The summed E-state index contributed by atoms with van der Waals surface area (Å²) >= 11 is 0. The van der Waals surface area contributed by atoms with E-state index in [0.717, 1.165) is 28.7 Å². The molecule has 0 radical (unpaired) electrons. The number of aliphatic hydroxyl groups excluding tert-OH is 1. The fraction of sp³-hybridized carbons (Fsp3) is 0.276. The lowest BCUT2D eigenvalue weighted by molar-refractivity contribution is -0.139. The van der Waals surface area contributed by atoms with Gasteiger partial charge in [0.25, 0.3) is 11.8 Å². The Balaban J connectivity index is 1.60. The average molecular weight is 502 g/mol. The van der Waals surface area contributed by atoms with Gasteiger partial charge in [-0.1, -0.05) is 67.6 Å². The Hall–Kier alpha value is -4.01. The Morgan fingerprint density at radius 3 is 2.11 bits per heavy atom. The molecule has 1 aliphatic rings. The molecule has 192 valence electrons. The lowest BCUT2D eigenvalue weighted by Gasteiger charge is -2.37. The number of aliphatic hydroxyl groups is 1. The molecule has 37 heavy (non-hydrogen) atoms. The lowest BCUT2D eigenvalue weighted by Crippen LogP contribution is -2.59. The quantitative estimate of drug-likeness (QED) is 0.293. The van der Waals surface area contributed by atoms with Crippen LogP contribution < -0.4 is 10.8 Å². The second-order valence-electron chi connectivity index (χ2n) is 9.25. The molecule has 1 aliphatic heterocycles. The van der Waals surface area contributed by atoms with Crippen molar-refractivity contribution >= 4 is 17.7 Å². The van der Waals surface area contributed by atoms with E-state index in [9.17, 15) is 19.5 Å². The van der Waals surface area contributed by atoms with Gasteiger partial charge in [-0.05, 0) is 53.3 Å². The van der Waals surface area contributed by atoms with Gasteiger partial charge < -0.3 is 15.3 Å². The molecule has 3 aromatic carbocycles. The first-order chi connectivity index (χ1) is 17.8. The van der Waals surface area contributed by atoms with Crippen molar-refractivity contribution in [1.29, 1.82) is 0 Å². The molecule has 3 amide bonds. The number of hydrogen-bond acceptors (Lipinski definition) is 5. The maximum absolute atomic E-state index is 13.6. The summed E-state index contributed by atoms with van der Waals surface area (Å²) in [6.45, 7) is 3.66. The Bertz CT molecular complexity index is 1270. The number of carbonyl (C=O) groups excluding carboxylic acids is 3. The number of hydrogen-bond donors (Lipinski definition) is 4. The topological polar surface area (TPSA) is 119 Å². The normalized spacial score (nSPS) is 16.3. The van der Waals surface area contributed by atoms with Crippen LogP contribution in [0.4, 0.5) is 0 Å². The van der Waals surface area contributed by atoms with Crippen LogP contribution in [-0.2, 0) is 29.0 Å². The number of hydroxylamine groups is 1. The third-order valence-electron chi connectivity index (χ3n) is 6.81. The molecule has 0 spiro atoms. The summed E-state index contributed by atoms with van der Waals surface area (Å²) in [6.07, 6.45) is -0.0393. The van der Waals surface area contributed by atoms with Gasteiger partial charge in [0.2, 0.25) is 5.91 Å². The summed E-state index contributed by atoms with van der Waals surface area (Å²) in [6, 6.07) is 20.8. The predicted molar refractivity (Wildman–Crippen MR) is 139 cm³/mol. The van der Waals surface area contributed by atoms with Crippen LogP contribution >= 0.6 is 0 Å². The first kappa shape index (κ1) is 26.1. The molecular weight excluding hydrogens is 470 g/mol. The minimum absolute atomic E-state index is 0.221. The second kappa shape index (κ2) is 11.4. The standard InChI is InChI=1S/C29H31N3O5/c1-3-19-8-10-20(11-9-19)21-12-14-22(15-13-21)29(36)32-17-24-7-5-4-6-23(24)16-25(32)27(34)30-26(18(2)33)28(35)31-37/h4-15,18,25-26,33,37H,3,16-17H2,1-2H3,(H,30,34)(H,31,35)/t18-,25+,26+/m1/s1. The summed E-state index contributed by atoms with van der Waals surface area (Å²) in [7, 11) is 0. The molecule has 3 atom stereocenters. The van der Waals surface area contributed by atoms with Crippen LogP contribution in [0.3, 0.4) is 0 Å². The number of rotatable bonds is 7. The summed E-state index contributed by atoms with van der Waals surface area (Å²) in [5.74, 6) is -1.85. The third-order valence-corrected chi connectivity index (χ3v) is 6.81. The number of benzene rings is 3. The minimum atomic E-state index is -1.37. The molecule has 0 saturated carbocycles. The fourth-order valence-corrected chi connectivity index (χ4v) is 4.60. The SMILES string of the molecule is CCc1ccc(-c2ccc(C(=O)N3Cc4ccccc4C[C@H]3C(=O)N[C@H](C(=O)NO)[C@@H](C)O)cc2)cc1. The highest BCUT2D eigenvalue weighted by atomic mass is 16.5. The Labute approximate surface area is 215 Å². The van der Waals surface area contributed by atoms with Crippen molar-refractivity contribution in [2.45, 2.75) is 51.4 Å². The van der Waals surface area contributed by atoms with Crippen molar-refractivity contribution < 1.29 is 24.7 Å². The molecule has 0 unspecified atom stereocenters. The van der Waals surface area contributed by atoms with E-state index in [1.54, 1.807) is 12.1 Å². The van der Waals surface area contributed by atoms with Crippen LogP contribution in [0.5, 0.6) is 0 Å². The molecule has 0 bridgehead atoms. The van der Waals surface area contributed by atoms with Crippen LogP contribution in [0.15, 0.2) is 72.8 Å². The molecule has 0 saturated heterocycles. The van der Waals surface area contributed by atoms with Crippen LogP contribution in [0.1, 0.15) is 40.9 Å². The molecule has 0 aliphatic carbocycles. The molecular formula is C29H31N3O5. The van der Waals surface area contributed by atoms with E-state index in [4.69, 9.17) is 5.21 Å². The van der Waals surface area contributed by atoms with E-state index < -0.39 is 30.0 Å². The molecule has 8 nitrogen and oxygen atoms in total. The summed E-state index contributed by atoms with van der Waals surface area (Å²) in [4.78, 5) is 40.4. The zero-order valence-electron chi connectivity index (χ0n) is 20.8. The predicted octanol–water partition coefficient (Wildman–Crippen LogP) is 2.85. The monoisotopic (exact) mass is 501 g/mol. The fourth-order valence-electron chi connectivity index (χ4n) is 4.60. The highest BCUT2D eigenvalue weighted by Crippen LogP contribution is 2.27. The number of aryl methyl sites for hydroxylation is 1. The molecule has 3 aromatic rings. The van der Waals surface area contributed by atoms with E-state index in [-0.39, 0.29) is 18.9 Å². The van der Waals surface area contributed by atoms with Gasteiger partial charge in [0.1, 0.15) is 12.1 Å². The van der Waals surface area contributed by atoms with Gasteiger partial charge in [0, 0.05) is 18.5 Å². The third kappa shape index (κ3) is 5.71. The smallest absolute Gasteiger partial charge is 0.268 e. The number of nitrogens with one attached hydrogen (secondary N) is 2. The van der Waals surface area contributed by atoms with Gasteiger partial charge in [0.05, 0.1) is 6.10 Å². The Kier molecular flexibility index (Phi) is 8.01. The maximum atomic E-state index is 13.6. The molecule has 0 fully saturated rings. The van der Waals surface area contributed by atoms with E-state index >= 15 is 0 Å². The van der Waals surface area contributed by atoms with Crippen LogP contribution in [0, 0.1) is 0 Å². The molecule has 0 aromatic heterocycles. The van der Waals surface area contributed by atoms with Gasteiger partial charge in [-0.2, -0.15) is 0 Å². The van der Waals surface area contributed by atoms with Crippen molar-refractivity contribution in [3.63, 3.8) is 0 Å². The van der Waals surface area contributed by atoms with Crippen molar-refractivity contribution in [2.75, 3.05) is 0 Å². The van der Waals surface area contributed by atoms with Gasteiger partial charge >= 0.3 is 0 Å². The van der Waals surface area contributed by atoms with Gasteiger partial charge in [-0.25, -0.2) is 5.48 Å². The largest absolute Gasteiger partial charge is 0.391 e. The number of fused-ring (bicyclic) bond motifs is 1. The molecule has 1 heterocycles. The van der Waals surface area contributed by atoms with Crippen LogP contribution in [0.25, 0.3) is 11.1 Å². The number of carbonyl (C=O) groups is 3. The zero-order chi connectivity index (χ0) is 26.5. The summed E-state index contributed by atoms with van der Waals surface area (Å²) < 4.78 is 0. The van der Waals surface area contributed by atoms with E-state index in [0.29, 0.717) is 5.56 Å². The van der Waals surface area contributed by atoms with E-state index in [1.165, 1.54) is 22.9 Å². The summed E-state index contributed by atoms with van der Waals surface area (Å²) in [5, 5.41) is 21.4. The Morgan fingerprint density at radius 1 is 0.946 bits per heavy atom. The first-order valence-electron chi connectivity index (χ1n) is 12.3. The zero-order valence-corrected chi connectivity index (χ0v) is 20.8. The average Bonchev–Trinajstić information content (AvgIpc) is 2.94. The van der Waals surface area contributed by atoms with Crippen molar-refractivity contribution in [2.24, 2.45) is 0 Å². The Morgan fingerprint density at radius 2 is 1.54 bits per heavy atom. The molecule has 4 rings (SSSR count). The molecule has 8 heteroatoms. The van der Waals surface area contributed by atoms with Crippen molar-refractivity contribution in [3.8, 4) is 11.1 Å². The lowest BCUT2D eigenvalue weighted by atomic mass is 9.92. The second-order valence-corrected chi connectivity index (χ2v) is 9.25. The van der Waals surface area contributed by atoms with Gasteiger partial charge in [-0.15, -0.1) is 0 Å². The maximum Gasteiger partial charge on any atom is 0.268 e. The first-order valence-corrected chi connectivity index (χ1v) is 12.3. The summed E-state index contributed by atoms with van der Waals surface area (Å²) in [5.41, 5.74) is 7.04. The number of amides is 3. The van der Waals surface area contributed by atoms with E-state index in [1.807, 2.05) is 36.4 Å². The van der Waals surface area contributed by atoms with Crippen molar-refractivity contribution in [1.82, 2.24) is 15.7 Å².